The average Bonchev–Trinajstić information content (AvgIpc) is 3.60. The van der Waals surface area contributed by atoms with Crippen LogP contribution in [0.3, 0.4) is 0 Å². The van der Waals surface area contributed by atoms with Gasteiger partial charge in [0.15, 0.2) is 0 Å². The Morgan fingerprint density at radius 1 is 0.655 bits per heavy atom. The predicted octanol–water partition coefficient (Wildman–Crippen LogP) is -4.91. The van der Waals surface area contributed by atoms with Crippen LogP contribution in [0.15, 0.2) is 12.5 Å². The lowest BCUT2D eigenvalue weighted by molar-refractivity contribution is -0.143. The standard InChI is InChI=1S/C32H51N11O12/c1-15(2)5-18(30(52)43-21(9-27(48)49)29(51)37-13-26(47)41-22(32(54)55)6-16(3)4)40-25(46)12-36-28(50)20(8-23(34)44)42-31(53)19(39-24(45)10-33)7-17-11-35-14-38-17/h11,14-16,18-22H,5-10,12-13,33H2,1-4H3,(H2,34,44)(H,35,38)(H,36,50)(H,37,51)(H,39,45)(H,40,46)(H,41,47)(H,42,53)(H,43,52)(H,48,49)(H,54,55)/t18-,19-,20-,21-,22-/m0/s1. The van der Waals surface area contributed by atoms with E-state index in [2.05, 4.69) is 47.2 Å². The molecule has 0 saturated carbocycles. The van der Waals surface area contributed by atoms with Crippen molar-refractivity contribution in [2.75, 3.05) is 19.6 Å². The molecule has 5 atom stereocenters. The van der Waals surface area contributed by atoms with Crippen LogP contribution < -0.4 is 48.7 Å². The Morgan fingerprint density at radius 2 is 1.13 bits per heavy atom. The average molecular weight is 782 g/mol. The number of carboxylic acids is 2. The highest BCUT2D eigenvalue weighted by molar-refractivity contribution is 5.98. The normalized spacial score (nSPS) is 13.6. The van der Waals surface area contributed by atoms with Crippen molar-refractivity contribution in [3.63, 3.8) is 0 Å². The minimum absolute atomic E-state index is 0.0198. The van der Waals surface area contributed by atoms with Crippen LogP contribution in [0.4, 0.5) is 0 Å². The lowest BCUT2D eigenvalue weighted by atomic mass is 10.0. The molecule has 1 rings (SSSR count). The fourth-order valence-electron chi connectivity index (χ4n) is 4.88. The molecule has 55 heavy (non-hydrogen) atoms. The van der Waals surface area contributed by atoms with Gasteiger partial charge in [-0.25, -0.2) is 9.78 Å². The first-order chi connectivity index (χ1) is 25.7. The maximum atomic E-state index is 13.3. The van der Waals surface area contributed by atoms with Crippen LogP contribution in [0, 0.1) is 11.8 Å². The van der Waals surface area contributed by atoms with Gasteiger partial charge in [-0.05, 0) is 24.7 Å². The molecule has 14 N–H and O–H groups in total. The summed E-state index contributed by atoms with van der Waals surface area (Å²) >= 11 is 0. The van der Waals surface area contributed by atoms with Gasteiger partial charge in [0.05, 0.1) is 44.5 Å². The summed E-state index contributed by atoms with van der Waals surface area (Å²) in [6.45, 7) is 4.91. The summed E-state index contributed by atoms with van der Waals surface area (Å²) in [7, 11) is 0. The van der Waals surface area contributed by atoms with Gasteiger partial charge >= 0.3 is 11.9 Å². The molecule has 1 heterocycles. The SMILES string of the molecule is CC(C)C[C@H](NC(=O)CNC(=O)[C@H](CC(=O)O)NC(=O)[C@H](CC(C)C)NC(=O)CNC(=O)[C@H](CC(N)=O)NC(=O)[C@H](Cc1c[nH]cn1)NC(=O)CN)C(=O)O. The van der Waals surface area contributed by atoms with Crippen molar-refractivity contribution in [1.82, 2.24) is 47.2 Å². The van der Waals surface area contributed by atoms with Crippen LogP contribution in [-0.4, -0.2) is 129 Å². The fraction of sp³-hybridized carbons (Fsp3) is 0.594. The summed E-state index contributed by atoms with van der Waals surface area (Å²) in [5.41, 5.74) is 11.0. The summed E-state index contributed by atoms with van der Waals surface area (Å²) in [6.07, 6.45) is 1.14. The molecule has 0 spiro atoms. The molecular formula is C32H51N11O12. The van der Waals surface area contributed by atoms with Crippen molar-refractivity contribution < 1.29 is 58.2 Å². The van der Waals surface area contributed by atoms with Gasteiger partial charge in [0.2, 0.25) is 47.3 Å². The van der Waals surface area contributed by atoms with Gasteiger partial charge in [0.25, 0.3) is 0 Å². The van der Waals surface area contributed by atoms with Crippen LogP contribution in [0.1, 0.15) is 59.1 Å². The van der Waals surface area contributed by atoms with Gasteiger partial charge in [-0.15, -0.1) is 0 Å². The van der Waals surface area contributed by atoms with Crippen LogP contribution in [0.25, 0.3) is 0 Å². The number of hydrogen-bond acceptors (Lipinski definition) is 12. The Bertz CT molecular complexity index is 1530. The number of carbonyl (C=O) groups is 10. The van der Waals surface area contributed by atoms with E-state index in [1.54, 1.807) is 27.7 Å². The molecule has 0 radical (unpaired) electrons. The number of rotatable bonds is 25. The maximum absolute atomic E-state index is 13.3. The number of nitrogens with one attached hydrogen (secondary N) is 8. The number of hydrogen-bond donors (Lipinski definition) is 12. The van der Waals surface area contributed by atoms with Gasteiger partial charge in [-0.2, -0.15) is 0 Å². The van der Waals surface area contributed by atoms with E-state index in [0.29, 0.717) is 5.69 Å². The smallest absolute Gasteiger partial charge is 0.326 e. The number of amides is 8. The quantitative estimate of drug-likeness (QED) is 0.0443. The molecule has 8 amide bonds. The summed E-state index contributed by atoms with van der Waals surface area (Å²) in [4.78, 5) is 131. The minimum atomic E-state index is -1.72. The monoisotopic (exact) mass is 781 g/mol. The third-order valence-electron chi connectivity index (χ3n) is 7.40. The predicted molar refractivity (Wildman–Crippen MR) is 190 cm³/mol. The number of nitrogens with zero attached hydrogens (tertiary/aromatic N) is 1. The second-order valence-electron chi connectivity index (χ2n) is 13.3. The Hall–Kier alpha value is -6.13. The molecule has 1 aromatic heterocycles. The summed E-state index contributed by atoms with van der Waals surface area (Å²) in [6, 6.07) is -7.20. The highest BCUT2D eigenvalue weighted by Crippen LogP contribution is 2.08. The topological polar surface area (TPSA) is 376 Å². The van der Waals surface area contributed by atoms with E-state index in [1.807, 2.05) is 0 Å². The number of H-pyrrole nitrogens is 1. The van der Waals surface area contributed by atoms with Gasteiger partial charge in [-0.1, -0.05) is 27.7 Å². The lowest BCUT2D eigenvalue weighted by Gasteiger charge is -2.24. The fourth-order valence-corrected chi connectivity index (χ4v) is 4.88. The van der Waals surface area contributed by atoms with Crippen molar-refractivity contribution >= 4 is 59.2 Å². The van der Waals surface area contributed by atoms with Crippen LogP contribution in [0.2, 0.25) is 0 Å². The number of imidazole rings is 1. The molecule has 23 nitrogen and oxygen atoms in total. The number of aliphatic carboxylic acids is 2. The van der Waals surface area contributed by atoms with E-state index < -0.39 is 122 Å². The number of aromatic nitrogens is 2. The van der Waals surface area contributed by atoms with Crippen molar-refractivity contribution in [3.05, 3.63) is 18.2 Å². The minimum Gasteiger partial charge on any atom is -0.481 e. The molecule has 1 aromatic rings. The Kier molecular flexibility index (Phi) is 20.0. The van der Waals surface area contributed by atoms with E-state index >= 15 is 0 Å². The Labute approximate surface area is 315 Å². The maximum Gasteiger partial charge on any atom is 0.326 e. The van der Waals surface area contributed by atoms with Gasteiger partial charge in [-0.3, -0.25) is 43.2 Å². The van der Waals surface area contributed by atoms with E-state index in [9.17, 15) is 58.2 Å². The molecule has 0 aromatic carbocycles. The van der Waals surface area contributed by atoms with Gasteiger partial charge < -0.3 is 63.9 Å². The number of carbonyl (C=O) groups excluding carboxylic acids is 8. The highest BCUT2D eigenvalue weighted by Gasteiger charge is 2.31. The van der Waals surface area contributed by atoms with Crippen LogP contribution in [-0.2, 0) is 54.4 Å². The second kappa shape index (κ2) is 23.5. The van der Waals surface area contributed by atoms with Crippen molar-refractivity contribution in [1.29, 1.82) is 0 Å². The summed E-state index contributed by atoms with van der Waals surface area (Å²) < 4.78 is 0. The summed E-state index contributed by atoms with van der Waals surface area (Å²) in [5, 5.41) is 34.6. The molecule has 23 heteroatoms. The Morgan fingerprint density at radius 3 is 1.56 bits per heavy atom. The van der Waals surface area contributed by atoms with E-state index in [1.165, 1.54) is 12.5 Å². The number of aromatic amines is 1. The van der Waals surface area contributed by atoms with Gasteiger partial charge in [0, 0.05) is 12.6 Å². The van der Waals surface area contributed by atoms with Crippen molar-refractivity contribution in [2.45, 2.75) is 90.0 Å². The second-order valence-corrected chi connectivity index (χ2v) is 13.3. The highest BCUT2D eigenvalue weighted by atomic mass is 16.4. The van der Waals surface area contributed by atoms with E-state index in [-0.39, 0.29) is 31.1 Å². The third kappa shape index (κ3) is 19.0. The molecule has 0 bridgehead atoms. The first kappa shape index (κ1) is 46.9. The first-order valence-corrected chi connectivity index (χ1v) is 17.2. The third-order valence-corrected chi connectivity index (χ3v) is 7.40. The largest absolute Gasteiger partial charge is 0.481 e. The van der Waals surface area contributed by atoms with Crippen molar-refractivity contribution in [2.24, 2.45) is 23.3 Å². The molecule has 0 aliphatic heterocycles. The first-order valence-electron chi connectivity index (χ1n) is 17.2. The molecular weight excluding hydrogens is 730 g/mol. The zero-order valence-corrected chi connectivity index (χ0v) is 30.9. The zero-order valence-electron chi connectivity index (χ0n) is 30.9. The number of nitrogens with two attached hydrogens (primary N) is 2. The summed E-state index contributed by atoms with van der Waals surface area (Å²) in [5.74, 6) is -10.6. The molecule has 306 valence electrons. The molecule has 0 saturated heterocycles. The van der Waals surface area contributed by atoms with Crippen LogP contribution in [0.5, 0.6) is 0 Å². The lowest BCUT2D eigenvalue weighted by Crippen LogP contribution is -2.57. The molecule has 0 unspecified atom stereocenters. The number of primary amides is 1. The molecule has 0 aliphatic carbocycles. The molecule has 0 aliphatic rings. The molecule has 0 fully saturated rings. The Balaban J connectivity index is 2.98. The van der Waals surface area contributed by atoms with E-state index in [4.69, 9.17) is 11.5 Å². The van der Waals surface area contributed by atoms with Crippen molar-refractivity contribution in [3.8, 4) is 0 Å². The van der Waals surface area contributed by atoms with Crippen LogP contribution >= 0.6 is 0 Å². The van der Waals surface area contributed by atoms with E-state index in [0.717, 1.165) is 0 Å². The van der Waals surface area contributed by atoms with Gasteiger partial charge in [0.1, 0.15) is 30.2 Å². The number of carboxylic acid groups (broad SMARTS) is 2. The zero-order chi connectivity index (χ0) is 41.8.